The number of rotatable bonds is 12. The fraction of sp³-hybridized carbons (Fsp3) is 0.360. The number of nitrogens with zero attached hydrogens (tertiary/aromatic N) is 2. The first kappa shape index (κ1) is 26.8. The molecule has 6 nitrogen and oxygen atoms in total. The van der Waals surface area contributed by atoms with Gasteiger partial charge in [0.15, 0.2) is 6.61 Å². The van der Waals surface area contributed by atoms with Gasteiger partial charge >= 0.3 is 0 Å². The Kier molecular flexibility index (Phi) is 12.5. The molecule has 0 radical (unpaired) electrons. The van der Waals surface area contributed by atoms with Crippen LogP contribution in [-0.2, 0) is 12.8 Å². The molecule has 0 amide bonds. The maximum atomic E-state index is 10.3. The third kappa shape index (κ3) is 9.93. The monoisotopic (exact) mass is 530 g/mol. The number of terminal acetylenes is 1. The molecule has 0 bridgehead atoms. The number of nitrogens with one attached hydrogen (secondary N) is 2. The van der Waals surface area contributed by atoms with Gasteiger partial charge in [0.05, 0.1) is 16.8 Å². The predicted molar refractivity (Wildman–Crippen MR) is 140 cm³/mol. The normalized spacial score (nSPS) is 11.1. The minimum atomic E-state index is -0.384. The lowest BCUT2D eigenvalue weighted by Gasteiger charge is -2.13. The highest BCUT2D eigenvalue weighted by atomic mass is 79.9. The minimum Gasteiger partial charge on any atom is -0.464 e. The second-order valence-corrected chi connectivity index (χ2v) is 8.78. The molecule has 0 saturated heterocycles. The topological polar surface area (TPSA) is 79.3 Å². The molecule has 8 heteroatoms. The Morgan fingerprint density at radius 3 is 2.85 bits per heavy atom. The zero-order chi connectivity index (χ0) is 23.9. The summed E-state index contributed by atoms with van der Waals surface area (Å²) in [5, 5.41) is 18.9. The second kappa shape index (κ2) is 15.4. The Bertz CT molecular complexity index is 992. The molecule has 0 aliphatic rings. The lowest BCUT2D eigenvalue weighted by molar-refractivity contribution is 0.162. The fourth-order valence-electron chi connectivity index (χ4n) is 2.93. The van der Waals surface area contributed by atoms with Crippen LogP contribution in [-0.4, -0.2) is 40.9 Å². The first-order valence-electron chi connectivity index (χ1n) is 11.0. The van der Waals surface area contributed by atoms with Crippen LogP contribution in [0, 0.1) is 12.3 Å². The van der Waals surface area contributed by atoms with Crippen LogP contribution >= 0.6 is 27.3 Å². The van der Waals surface area contributed by atoms with Crippen molar-refractivity contribution in [3.05, 3.63) is 62.9 Å². The van der Waals surface area contributed by atoms with Crippen LogP contribution < -0.4 is 15.4 Å². The average molecular weight is 532 g/mol. The molecular weight excluding hydrogens is 500 g/mol. The van der Waals surface area contributed by atoms with E-state index in [1.54, 1.807) is 17.5 Å². The Labute approximate surface area is 209 Å². The number of aromatic nitrogens is 2. The molecule has 3 aromatic rings. The number of benzene rings is 1. The first-order valence-corrected chi connectivity index (χ1v) is 12.7. The van der Waals surface area contributed by atoms with Crippen LogP contribution in [0.2, 0.25) is 0 Å². The maximum Gasteiger partial charge on any atom is 0.233 e. The van der Waals surface area contributed by atoms with Crippen molar-refractivity contribution in [2.75, 3.05) is 25.0 Å². The number of aliphatic hydroxyl groups excluding tert-OH is 1. The predicted octanol–water partition coefficient (Wildman–Crippen LogP) is 5.21. The SMILES string of the molecule is C#CCOc1nc(Nc2cccc(CCC(O)CNCCc3cccs3)c2)ncc1Br.CC. The molecule has 0 aliphatic heterocycles. The third-order valence-corrected chi connectivity index (χ3v) is 5.94. The van der Waals surface area contributed by atoms with E-state index in [9.17, 15) is 5.11 Å². The second-order valence-electron chi connectivity index (χ2n) is 6.89. The van der Waals surface area contributed by atoms with Gasteiger partial charge in [-0.1, -0.05) is 38.0 Å². The van der Waals surface area contributed by atoms with Crippen molar-refractivity contribution < 1.29 is 9.84 Å². The Morgan fingerprint density at radius 2 is 2.09 bits per heavy atom. The van der Waals surface area contributed by atoms with Crippen LogP contribution in [0.3, 0.4) is 0 Å². The van der Waals surface area contributed by atoms with E-state index >= 15 is 0 Å². The molecule has 2 heterocycles. The number of aryl methyl sites for hydroxylation is 1. The summed E-state index contributed by atoms with van der Waals surface area (Å²) in [4.78, 5) is 9.95. The van der Waals surface area contributed by atoms with Gasteiger partial charge < -0.3 is 20.5 Å². The van der Waals surface area contributed by atoms with E-state index in [1.807, 2.05) is 38.1 Å². The molecule has 1 aromatic carbocycles. The van der Waals surface area contributed by atoms with Gasteiger partial charge in [-0.2, -0.15) is 4.98 Å². The summed E-state index contributed by atoms with van der Waals surface area (Å²) < 4.78 is 6.05. The molecule has 0 saturated carbocycles. The number of halogens is 1. The molecular formula is C25H31BrN4O2S. The molecule has 3 N–H and O–H groups in total. The summed E-state index contributed by atoms with van der Waals surface area (Å²) in [6.45, 7) is 5.60. The Hall–Kier alpha value is -2.44. The molecule has 33 heavy (non-hydrogen) atoms. The quantitative estimate of drug-likeness (QED) is 0.220. The summed E-state index contributed by atoms with van der Waals surface area (Å²) in [6, 6.07) is 12.2. The van der Waals surface area contributed by atoms with Gasteiger partial charge in [0.25, 0.3) is 0 Å². The molecule has 2 aromatic heterocycles. The number of aliphatic hydroxyl groups is 1. The number of ether oxygens (including phenoxy) is 1. The average Bonchev–Trinajstić information content (AvgIpc) is 3.36. The van der Waals surface area contributed by atoms with Gasteiger partial charge in [0.2, 0.25) is 11.8 Å². The first-order chi connectivity index (χ1) is 16.1. The van der Waals surface area contributed by atoms with E-state index < -0.39 is 0 Å². The van der Waals surface area contributed by atoms with Gasteiger partial charge in [-0.05, 0) is 64.3 Å². The van der Waals surface area contributed by atoms with E-state index in [4.69, 9.17) is 11.2 Å². The Balaban J connectivity index is 0.00000187. The van der Waals surface area contributed by atoms with E-state index in [2.05, 4.69) is 60.0 Å². The van der Waals surface area contributed by atoms with Gasteiger partial charge in [0.1, 0.15) is 0 Å². The van der Waals surface area contributed by atoms with E-state index in [0.717, 1.165) is 30.6 Å². The molecule has 1 atom stereocenters. The third-order valence-electron chi connectivity index (χ3n) is 4.46. The van der Waals surface area contributed by atoms with Crippen LogP contribution in [0.1, 0.15) is 30.7 Å². The van der Waals surface area contributed by atoms with Gasteiger partial charge in [-0.25, -0.2) is 4.98 Å². The summed E-state index contributed by atoms with van der Waals surface area (Å²) in [5.74, 6) is 3.23. The van der Waals surface area contributed by atoms with Crippen LogP contribution in [0.4, 0.5) is 11.6 Å². The van der Waals surface area contributed by atoms with Crippen molar-refractivity contribution in [3.8, 4) is 18.2 Å². The van der Waals surface area contributed by atoms with Crippen LogP contribution in [0.25, 0.3) is 0 Å². The van der Waals surface area contributed by atoms with Gasteiger partial charge in [-0.15, -0.1) is 17.8 Å². The highest BCUT2D eigenvalue weighted by Gasteiger charge is 2.08. The molecule has 1 unspecified atom stereocenters. The van der Waals surface area contributed by atoms with Crippen molar-refractivity contribution in [2.24, 2.45) is 0 Å². The number of anilines is 2. The summed E-state index contributed by atoms with van der Waals surface area (Å²) in [7, 11) is 0. The van der Waals surface area contributed by atoms with Gasteiger partial charge in [0, 0.05) is 23.7 Å². The fourth-order valence-corrected chi connectivity index (χ4v) is 3.94. The zero-order valence-electron chi connectivity index (χ0n) is 19.1. The lowest BCUT2D eigenvalue weighted by Crippen LogP contribution is -2.28. The van der Waals surface area contributed by atoms with E-state index in [0.29, 0.717) is 29.3 Å². The van der Waals surface area contributed by atoms with Crippen molar-refractivity contribution in [1.29, 1.82) is 0 Å². The summed E-state index contributed by atoms with van der Waals surface area (Å²) >= 11 is 5.11. The summed E-state index contributed by atoms with van der Waals surface area (Å²) in [6.07, 6.45) is 8.93. The van der Waals surface area contributed by atoms with Crippen molar-refractivity contribution in [2.45, 2.75) is 39.2 Å². The van der Waals surface area contributed by atoms with Crippen molar-refractivity contribution >= 4 is 38.9 Å². The molecule has 3 rings (SSSR count). The number of thiophene rings is 1. The smallest absolute Gasteiger partial charge is 0.233 e. The van der Waals surface area contributed by atoms with Crippen LogP contribution in [0.15, 0.2) is 52.4 Å². The van der Waals surface area contributed by atoms with Crippen molar-refractivity contribution in [1.82, 2.24) is 15.3 Å². The molecule has 176 valence electrons. The molecule has 0 fully saturated rings. The summed E-state index contributed by atoms with van der Waals surface area (Å²) in [5.41, 5.74) is 2.00. The number of hydrogen-bond acceptors (Lipinski definition) is 7. The van der Waals surface area contributed by atoms with E-state index in [1.165, 1.54) is 4.88 Å². The standard InChI is InChI=1S/C23H25BrN4O2S.C2H6/c1-2-12-30-22-21(24)16-26-23(28-22)27-18-6-3-5-17(14-18)8-9-19(29)15-25-11-10-20-7-4-13-31-20;1-2/h1,3-7,13-14,16,19,25,29H,8-12,15H2,(H,26,27,28);1-2H3. The Morgan fingerprint density at radius 1 is 1.24 bits per heavy atom. The van der Waals surface area contributed by atoms with Gasteiger partial charge in [-0.3, -0.25) is 0 Å². The largest absolute Gasteiger partial charge is 0.464 e. The van der Waals surface area contributed by atoms with Crippen LogP contribution in [0.5, 0.6) is 5.88 Å². The maximum absolute atomic E-state index is 10.3. The zero-order valence-corrected chi connectivity index (χ0v) is 21.5. The molecule has 0 aliphatic carbocycles. The van der Waals surface area contributed by atoms with E-state index in [-0.39, 0.29) is 12.7 Å². The highest BCUT2D eigenvalue weighted by Crippen LogP contribution is 2.24. The molecule has 0 spiro atoms. The lowest BCUT2D eigenvalue weighted by atomic mass is 10.1. The van der Waals surface area contributed by atoms with Crippen molar-refractivity contribution in [3.63, 3.8) is 0 Å². The minimum absolute atomic E-state index is 0.135. The highest BCUT2D eigenvalue weighted by molar-refractivity contribution is 9.10. The number of hydrogen-bond donors (Lipinski definition) is 3.